The Morgan fingerprint density at radius 3 is 2.61 bits per heavy atom. The average Bonchev–Trinajstić information content (AvgIpc) is 2.89. The smallest absolute Gasteiger partial charge is 0.0488 e. The third kappa shape index (κ3) is 3.53. The number of halogens is 2. The van der Waals surface area contributed by atoms with Crippen LogP contribution in [0.5, 0.6) is 0 Å². The normalized spacial score (nSPS) is 16.2. The average molecular weight is 287 g/mol. The molecule has 0 N–H and O–H groups in total. The van der Waals surface area contributed by atoms with Crippen molar-refractivity contribution in [1.29, 1.82) is 0 Å². The number of benzene rings is 1. The van der Waals surface area contributed by atoms with Gasteiger partial charge in [0.15, 0.2) is 0 Å². The van der Waals surface area contributed by atoms with E-state index in [1.807, 2.05) is 12.1 Å². The Balaban J connectivity index is 1.91. The van der Waals surface area contributed by atoms with Crippen LogP contribution in [0.25, 0.3) is 0 Å². The molecule has 1 aromatic rings. The van der Waals surface area contributed by atoms with Gasteiger partial charge in [-0.2, -0.15) is 0 Å². The van der Waals surface area contributed by atoms with Gasteiger partial charge >= 0.3 is 0 Å². The summed E-state index contributed by atoms with van der Waals surface area (Å²) in [6, 6.07) is 6.11. The molecule has 1 fully saturated rings. The van der Waals surface area contributed by atoms with Gasteiger partial charge in [-0.15, -0.1) is 11.6 Å². The molecule has 2 rings (SSSR count). The van der Waals surface area contributed by atoms with Crippen LogP contribution < -0.4 is 4.90 Å². The van der Waals surface area contributed by atoms with Crippen LogP contribution in [-0.4, -0.2) is 38.1 Å². The first-order chi connectivity index (χ1) is 8.70. The highest BCUT2D eigenvalue weighted by Gasteiger charge is 2.12. The molecule has 18 heavy (non-hydrogen) atoms. The molecule has 0 spiro atoms. The van der Waals surface area contributed by atoms with Crippen molar-refractivity contribution in [3.05, 3.63) is 28.8 Å². The summed E-state index contributed by atoms with van der Waals surface area (Å²) in [5.41, 5.74) is 2.16. The van der Waals surface area contributed by atoms with Crippen LogP contribution in [0.15, 0.2) is 18.2 Å². The van der Waals surface area contributed by atoms with E-state index >= 15 is 0 Å². The van der Waals surface area contributed by atoms with Crippen molar-refractivity contribution in [2.45, 2.75) is 18.7 Å². The fraction of sp³-hybridized carbons (Fsp3) is 0.571. The Morgan fingerprint density at radius 1 is 1.28 bits per heavy atom. The molecule has 0 atom stereocenters. The minimum atomic E-state index is 0.469. The van der Waals surface area contributed by atoms with Gasteiger partial charge in [0, 0.05) is 36.7 Å². The maximum atomic E-state index is 6.18. The summed E-state index contributed by atoms with van der Waals surface area (Å²) in [4.78, 5) is 4.77. The Morgan fingerprint density at radius 2 is 2.00 bits per heavy atom. The van der Waals surface area contributed by atoms with Crippen molar-refractivity contribution >= 4 is 28.9 Å². The number of rotatable bonds is 5. The first-order valence-corrected chi connectivity index (χ1v) is 7.40. The fourth-order valence-corrected chi connectivity index (χ4v) is 2.85. The molecule has 0 unspecified atom stereocenters. The van der Waals surface area contributed by atoms with E-state index in [0.717, 1.165) is 29.4 Å². The predicted molar refractivity (Wildman–Crippen MR) is 80.0 cm³/mol. The number of hydrogen-bond acceptors (Lipinski definition) is 2. The first kappa shape index (κ1) is 14.0. The van der Waals surface area contributed by atoms with Gasteiger partial charge in [-0.3, -0.25) is 0 Å². The van der Waals surface area contributed by atoms with Crippen molar-refractivity contribution < 1.29 is 0 Å². The zero-order valence-electron chi connectivity index (χ0n) is 10.8. The van der Waals surface area contributed by atoms with Crippen molar-refractivity contribution in [2.24, 2.45) is 0 Å². The largest absolute Gasteiger partial charge is 0.373 e. The van der Waals surface area contributed by atoms with E-state index < -0.39 is 0 Å². The van der Waals surface area contributed by atoms with Crippen LogP contribution >= 0.6 is 23.2 Å². The van der Waals surface area contributed by atoms with Gasteiger partial charge in [0.1, 0.15) is 0 Å². The molecule has 1 aromatic carbocycles. The van der Waals surface area contributed by atoms with Gasteiger partial charge in [0.25, 0.3) is 0 Å². The Labute approximate surface area is 119 Å². The van der Waals surface area contributed by atoms with Crippen molar-refractivity contribution in [3.8, 4) is 0 Å². The van der Waals surface area contributed by atoms with Crippen LogP contribution in [0.2, 0.25) is 5.02 Å². The summed E-state index contributed by atoms with van der Waals surface area (Å²) in [5.74, 6) is 0.469. The minimum absolute atomic E-state index is 0.469. The lowest BCUT2D eigenvalue weighted by molar-refractivity contribution is 0.346. The molecular weight excluding hydrogens is 267 g/mol. The Bertz CT molecular complexity index is 389. The molecule has 0 bridgehead atoms. The summed E-state index contributed by atoms with van der Waals surface area (Å²) in [6.07, 6.45) is 2.69. The monoisotopic (exact) mass is 286 g/mol. The Hall–Kier alpha value is -0.440. The standard InChI is InChI=1S/C14H20Cl2N2/c1-17(8-9-18-6-2-3-7-18)13-5-4-12(11-15)14(16)10-13/h4-5,10H,2-3,6-9,11H2,1H3. The summed E-state index contributed by atoms with van der Waals surface area (Å²) in [6.45, 7) is 4.67. The fourth-order valence-electron chi connectivity index (χ4n) is 2.31. The molecule has 4 heteroatoms. The number of alkyl halides is 1. The lowest BCUT2D eigenvalue weighted by Crippen LogP contribution is -2.31. The van der Waals surface area contributed by atoms with Gasteiger partial charge in [-0.1, -0.05) is 17.7 Å². The van der Waals surface area contributed by atoms with E-state index in [-0.39, 0.29) is 0 Å². The molecule has 1 saturated heterocycles. The van der Waals surface area contributed by atoms with Crippen LogP contribution in [0.3, 0.4) is 0 Å². The van der Waals surface area contributed by atoms with Gasteiger partial charge in [-0.25, -0.2) is 0 Å². The zero-order valence-corrected chi connectivity index (χ0v) is 12.3. The van der Waals surface area contributed by atoms with E-state index in [2.05, 4.69) is 22.9 Å². The number of nitrogens with zero attached hydrogens (tertiary/aromatic N) is 2. The molecule has 0 radical (unpaired) electrons. The van der Waals surface area contributed by atoms with E-state index in [1.165, 1.54) is 25.9 Å². The van der Waals surface area contributed by atoms with E-state index in [1.54, 1.807) is 0 Å². The lowest BCUT2D eigenvalue weighted by atomic mass is 10.2. The van der Waals surface area contributed by atoms with Gasteiger partial charge < -0.3 is 9.80 Å². The highest BCUT2D eigenvalue weighted by Crippen LogP contribution is 2.24. The van der Waals surface area contributed by atoms with Crippen molar-refractivity contribution in [3.63, 3.8) is 0 Å². The number of hydrogen-bond donors (Lipinski definition) is 0. The van der Waals surface area contributed by atoms with Crippen molar-refractivity contribution in [1.82, 2.24) is 4.90 Å². The molecule has 0 amide bonds. The molecule has 0 saturated carbocycles. The lowest BCUT2D eigenvalue weighted by Gasteiger charge is -2.23. The second-order valence-electron chi connectivity index (χ2n) is 4.88. The molecule has 1 aliphatic heterocycles. The number of likely N-dealkylation sites (tertiary alicyclic amines) is 1. The van der Waals surface area contributed by atoms with E-state index in [0.29, 0.717) is 5.88 Å². The molecule has 1 heterocycles. The highest BCUT2D eigenvalue weighted by molar-refractivity contribution is 6.32. The second-order valence-corrected chi connectivity index (χ2v) is 5.55. The summed E-state index contributed by atoms with van der Waals surface area (Å²) < 4.78 is 0. The quantitative estimate of drug-likeness (QED) is 0.763. The van der Waals surface area contributed by atoms with Gasteiger partial charge in [-0.05, 0) is 43.6 Å². The molecule has 0 aromatic heterocycles. The molecule has 0 aliphatic carbocycles. The minimum Gasteiger partial charge on any atom is -0.373 e. The third-order valence-electron chi connectivity index (χ3n) is 3.57. The molecular formula is C14H20Cl2N2. The molecule has 1 aliphatic rings. The predicted octanol–water partition coefficient (Wildman–Crippen LogP) is 3.61. The summed E-state index contributed by atoms with van der Waals surface area (Å²) >= 11 is 12.0. The van der Waals surface area contributed by atoms with Crippen molar-refractivity contribution in [2.75, 3.05) is 38.1 Å². The molecule has 2 nitrogen and oxygen atoms in total. The van der Waals surface area contributed by atoms with Gasteiger partial charge in [0.2, 0.25) is 0 Å². The van der Waals surface area contributed by atoms with Crippen LogP contribution in [0.1, 0.15) is 18.4 Å². The van der Waals surface area contributed by atoms with Crippen LogP contribution in [0.4, 0.5) is 5.69 Å². The zero-order chi connectivity index (χ0) is 13.0. The van der Waals surface area contributed by atoms with Crippen LogP contribution in [0, 0.1) is 0 Å². The summed E-state index contributed by atoms with van der Waals surface area (Å²) in [5, 5.41) is 0.760. The highest BCUT2D eigenvalue weighted by atomic mass is 35.5. The maximum Gasteiger partial charge on any atom is 0.0488 e. The second kappa shape index (κ2) is 6.65. The first-order valence-electron chi connectivity index (χ1n) is 6.48. The number of anilines is 1. The molecule has 100 valence electrons. The van der Waals surface area contributed by atoms with Gasteiger partial charge in [0.05, 0.1) is 0 Å². The third-order valence-corrected chi connectivity index (χ3v) is 4.21. The van der Waals surface area contributed by atoms with Crippen LogP contribution in [-0.2, 0) is 5.88 Å². The SMILES string of the molecule is CN(CCN1CCCC1)c1ccc(CCl)c(Cl)c1. The maximum absolute atomic E-state index is 6.18. The topological polar surface area (TPSA) is 6.48 Å². The Kier molecular flexibility index (Phi) is 5.16. The summed E-state index contributed by atoms with van der Waals surface area (Å²) in [7, 11) is 2.11. The van der Waals surface area contributed by atoms with E-state index in [9.17, 15) is 0 Å². The van der Waals surface area contributed by atoms with E-state index in [4.69, 9.17) is 23.2 Å². The number of likely N-dealkylation sites (N-methyl/N-ethyl adjacent to an activating group) is 1.